The van der Waals surface area contributed by atoms with E-state index in [1.807, 2.05) is 49.1 Å². The number of aliphatic hydroxyl groups excluding tert-OH is 1. The number of piperidine rings is 1. The molecule has 1 aliphatic rings. The molecule has 3 rings (SSSR count). The van der Waals surface area contributed by atoms with E-state index in [-0.39, 0.29) is 29.1 Å². The molecular formula is C22H27N3O4. The van der Waals surface area contributed by atoms with Crippen LogP contribution in [0.4, 0.5) is 11.4 Å². The maximum atomic E-state index is 12.2. The number of nitro groups is 1. The highest BCUT2D eigenvalue weighted by atomic mass is 16.6. The van der Waals surface area contributed by atoms with Crippen LogP contribution in [0, 0.1) is 16.0 Å². The highest BCUT2D eigenvalue weighted by Crippen LogP contribution is 2.36. The normalized spacial score (nSPS) is 15.9. The molecule has 1 saturated heterocycles. The zero-order chi connectivity index (χ0) is 21.0. The Labute approximate surface area is 170 Å². The summed E-state index contributed by atoms with van der Waals surface area (Å²) in [6.45, 7) is 4.92. The summed E-state index contributed by atoms with van der Waals surface area (Å²) in [5.74, 6) is -0.205. The molecular weight excluding hydrogens is 370 g/mol. The van der Waals surface area contributed by atoms with Gasteiger partial charge in [0.25, 0.3) is 11.6 Å². The first-order valence-corrected chi connectivity index (χ1v) is 9.94. The molecule has 29 heavy (non-hydrogen) atoms. The van der Waals surface area contributed by atoms with Gasteiger partial charge >= 0.3 is 0 Å². The summed E-state index contributed by atoms with van der Waals surface area (Å²) in [7, 11) is 0. The van der Waals surface area contributed by atoms with E-state index in [0.717, 1.165) is 18.4 Å². The number of hydrogen-bond donors (Lipinski definition) is 2. The van der Waals surface area contributed by atoms with Crippen molar-refractivity contribution in [1.29, 1.82) is 0 Å². The number of nitro benzene ring substituents is 1. The molecule has 1 heterocycles. The maximum Gasteiger partial charge on any atom is 0.293 e. The number of benzene rings is 2. The van der Waals surface area contributed by atoms with E-state index >= 15 is 0 Å². The molecule has 7 heteroatoms. The molecule has 1 atom stereocenters. The van der Waals surface area contributed by atoms with Gasteiger partial charge < -0.3 is 15.3 Å². The van der Waals surface area contributed by atoms with Crippen LogP contribution in [-0.4, -0.2) is 35.1 Å². The summed E-state index contributed by atoms with van der Waals surface area (Å²) < 4.78 is 0. The van der Waals surface area contributed by atoms with E-state index in [1.165, 1.54) is 6.07 Å². The predicted octanol–water partition coefficient (Wildman–Crippen LogP) is 3.68. The predicted molar refractivity (Wildman–Crippen MR) is 112 cm³/mol. The quantitative estimate of drug-likeness (QED) is 0.573. The van der Waals surface area contributed by atoms with Gasteiger partial charge in [-0.05, 0) is 50.3 Å². The van der Waals surface area contributed by atoms with Crippen molar-refractivity contribution in [3.8, 4) is 0 Å². The first-order valence-electron chi connectivity index (χ1n) is 9.94. The fraction of sp³-hybridized carbons (Fsp3) is 0.409. The Balaban J connectivity index is 1.73. The van der Waals surface area contributed by atoms with Gasteiger partial charge in [0, 0.05) is 30.8 Å². The van der Waals surface area contributed by atoms with Crippen molar-refractivity contribution < 1.29 is 14.8 Å². The largest absolute Gasteiger partial charge is 0.388 e. The molecule has 0 saturated carbocycles. The Morgan fingerprint density at radius 1 is 1.17 bits per heavy atom. The highest BCUT2D eigenvalue weighted by molar-refractivity contribution is 5.96. The first-order chi connectivity index (χ1) is 13.9. The molecule has 0 aromatic heterocycles. The lowest BCUT2D eigenvalue weighted by molar-refractivity contribution is -0.384. The zero-order valence-corrected chi connectivity index (χ0v) is 16.7. The third-order valence-corrected chi connectivity index (χ3v) is 5.32. The zero-order valence-electron chi connectivity index (χ0n) is 16.7. The summed E-state index contributed by atoms with van der Waals surface area (Å²) >= 11 is 0. The third kappa shape index (κ3) is 4.92. The van der Waals surface area contributed by atoms with Crippen LogP contribution in [0.1, 0.15) is 48.7 Å². The van der Waals surface area contributed by atoms with Crippen molar-refractivity contribution >= 4 is 17.3 Å². The molecule has 2 aromatic carbocycles. The van der Waals surface area contributed by atoms with Gasteiger partial charge in [0.1, 0.15) is 5.69 Å². The second-order valence-electron chi connectivity index (χ2n) is 7.77. The lowest BCUT2D eigenvalue weighted by Crippen LogP contribution is -2.36. The van der Waals surface area contributed by atoms with Gasteiger partial charge in [-0.1, -0.05) is 30.3 Å². The van der Waals surface area contributed by atoms with E-state index in [9.17, 15) is 20.0 Å². The standard InChI is InChI=1S/C22H27N3O4/c1-15(2)23-22(27)18-8-9-19(20(14-18)25(28)29)24-12-10-17(11-13-24)21(26)16-6-4-3-5-7-16/h3-9,14-15,17,21,26H,10-13H2,1-2H3,(H,23,27). The molecule has 2 N–H and O–H groups in total. The van der Waals surface area contributed by atoms with Gasteiger partial charge in [0.15, 0.2) is 0 Å². The fourth-order valence-corrected chi connectivity index (χ4v) is 3.80. The summed E-state index contributed by atoms with van der Waals surface area (Å²) in [6, 6.07) is 14.2. The van der Waals surface area contributed by atoms with Gasteiger partial charge in [-0.25, -0.2) is 0 Å². The minimum absolute atomic E-state index is 0.0451. The number of carbonyl (C=O) groups excluding carboxylic acids is 1. The van der Waals surface area contributed by atoms with E-state index in [0.29, 0.717) is 18.8 Å². The summed E-state index contributed by atoms with van der Waals surface area (Å²) in [5, 5.41) is 25.0. The maximum absolute atomic E-state index is 12.2. The van der Waals surface area contributed by atoms with Crippen LogP contribution < -0.4 is 10.2 Å². The molecule has 154 valence electrons. The van der Waals surface area contributed by atoms with Crippen LogP contribution in [0.15, 0.2) is 48.5 Å². The van der Waals surface area contributed by atoms with Crippen LogP contribution >= 0.6 is 0 Å². The van der Waals surface area contributed by atoms with Gasteiger partial charge in [0.05, 0.1) is 11.0 Å². The van der Waals surface area contributed by atoms with Gasteiger partial charge in [-0.2, -0.15) is 0 Å². The van der Waals surface area contributed by atoms with Crippen LogP contribution in [0.25, 0.3) is 0 Å². The SMILES string of the molecule is CC(C)NC(=O)c1ccc(N2CCC(C(O)c3ccccc3)CC2)c([N+](=O)[O-])c1. The molecule has 1 amide bonds. The molecule has 1 unspecified atom stereocenters. The van der Waals surface area contributed by atoms with Crippen LogP contribution in [0.3, 0.4) is 0 Å². The Kier molecular flexibility index (Phi) is 6.49. The molecule has 2 aromatic rings. The van der Waals surface area contributed by atoms with Crippen molar-refractivity contribution in [3.05, 3.63) is 69.8 Å². The van der Waals surface area contributed by atoms with Crippen molar-refractivity contribution in [2.24, 2.45) is 5.92 Å². The topological polar surface area (TPSA) is 95.7 Å². The lowest BCUT2D eigenvalue weighted by atomic mass is 9.87. The highest BCUT2D eigenvalue weighted by Gasteiger charge is 2.29. The number of amides is 1. The average Bonchev–Trinajstić information content (AvgIpc) is 2.73. The van der Waals surface area contributed by atoms with Crippen molar-refractivity contribution in [3.63, 3.8) is 0 Å². The minimum Gasteiger partial charge on any atom is -0.388 e. The molecule has 1 aliphatic heterocycles. The smallest absolute Gasteiger partial charge is 0.293 e. The van der Waals surface area contributed by atoms with Crippen LogP contribution in [0.5, 0.6) is 0 Å². The summed E-state index contributed by atoms with van der Waals surface area (Å²) in [6.07, 6.45) is 0.946. The number of hydrogen-bond acceptors (Lipinski definition) is 5. The Hall–Kier alpha value is -2.93. The summed E-state index contributed by atoms with van der Waals surface area (Å²) in [4.78, 5) is 25.4. The van der Waals surface area contributed by atoms with E-state index in [1.54, 1.807) is 12.1 Å². The number of nitrogens with one attached hydrogen (secondary N) is 1. The number of nitrogens with zero attached hydrogens (tertiary/aromatic N) is 2. The Morgan fingerprint density at radius 2 is 1.83 bits per heavy atom. The fourth-order valence-electron chi connectivity index (χ4n) is 3.80. The van der Waals surface area contributed by atoms with Crippen molar-refractivity contribution in [2.45, 2.75) is 38.8 Å². The molecule has 0 bridgehead atoms. The third-order valence-electron chi connectivity index (χ3n) is 5.32. The Morgan fingerprint density at radius 3 is 2.41 bits per heavy atom. The number of carbonyl (C=O) groups is 1. The molecule has 1 fully saturated rings. The lowest BCUT2D eigenvalue weighted by Gasteiger charge is -2.35. The molecule has 0 radical (unpaired) electrons. The second-order valence-corrected chi connectivity index (χ2v) is 7.77. The number of anilines is 1. The van der Waals surface area contributed by atoms with Crippen LogP contribution in [0.2, 0.25) is 0 Å². The van der Waals surface area contributed by atoms with E-state index in [4.69, 9.17) is 0 Å². The Bertz CT molecular complexity index is 862. The first kappa shape index (κ1) is 20.8. The molecule has 0 spiro atoms. The van der Waals surface area contributed by atoms with Crippen LogP contribution in [-0.2, 0) is 0 Å². The minimum atomic E-state index is -0.532. The number of rotatable bonds is 6. The average molecular weight is 397 g/mol. The molecule has 7 nitrogen and oxygen atoms in total. The second kappa shape index (κ2) is 9.05. The van der Waals surface area contributed by atoms with Gasteiger partial charge in [0.2, 0.25) is 0 Å². The monoisotopic (exact) mass is 397 g/mol. The van der Waals surface area contributed by atoms with E-state index < -0.39 is 11.0 Å². The van der Waals surface area contributed by atoms with Crippen molar-refractivity contribution in [2.75, 3.05) is 18.0 Å². The number of aliphatic hydroxyl groups is 1. The summed E-state index contributed by atoms with van der Waals surface area (Å²) in [5.41, 5.74) is 1.63. The molecule has 0 aliphatic carbocycles. The van der Waals surface area contributed by atoms with Gasteiger partial charge in [-0.3, -0.25) is 14.9 Å². The van der Waals surface area contributed by atoms with Gasteiger partial charge in [-0.15, -0.1) is 0 Å². The van der Waals surface area contributed by atoms with Crippen molar-refractivity contribution in [1.82, 2.24) is 5.32 Å². The van der Waals surface area contributed by atoms with E-state index in [2.05, 4.69) is 5.32 Å².